The largest absolute Gasteiger partial charge is 0.507 e. The second-order valence-electron chi connectivity index (χ2n) is 10.8. The number of carbonyl (C=O) groups is 6. The predicted octanol–water partition coefficient (Wildman–Crippen LogP) is -0.921. The number of aliphatic hydroxyl groups is 1. The number of Topliss-reactive ketones (excluding diaryl/α,β-unsaturated/α-hetero) is 4. The van der Waals surface area contributed by atoms with Crippen LogP contribution in [-0.4, -0.2) is 88.5 Å². The third kappa shape index (κ3) is 4.17. The van der Waals surface area contributed by atoms with Gasteiger partial charge in [0.05, 0.1) is 23.4 Å². The zero-order chi connectivity index (χ0) is 29.0. The van der Waals surface area contributed by atoms with E-state index in [0.717, 1.165) is 0 Å². The minimum absolute atomic E-state index is 0.0671. The molecule has 39 heavy (non-hydrogen) atoms. The van der Waals surface area contributed by atoms with E-state index < -0.39 is 82.3 Å². The van der Waals surface area contributed by atoms with E-state index in [-0.39, 0.29) is 17.7 Å². The topological polar surface area (TPSA) is 207 Å². The smallest absolute Gasteiger partial charge is 0.306 e. The van der Waals surface area contributed by atoms with Crippen LogP contribution in [0.5, 0.6) is 5.75 Å². The molecule has 6 N–H and O–H groups in total. The molecule has 3 aliphatic carbocycles. The van der Waals surface area contributed by atoms with E-state index in [2.05, 4.69) is 0 Å². The molecule has 0 heterocycles. The number of likely N-dealkylation sites (N-methyl/N-ethyl adjacent to an activating group) is 1. The van der Waals surface area contributed by atoms with Gasteiger partial charge in [-0.25, -0.2) is 0 Å². The summed E-state index contributed by atoms with van der Waals surface area (Å²) >= 11 is 0. The van der Waals surface area contributed by atoms with E-state index >= 15 is 0 Å². The Labute approximate surface area is 224 Å². The fourth-order valence-electron chi connectivity index (χ4n) is 6.69. The van der Waals surface area contributed by atoms with Crippen LogP contribution in [0.1, 0.15) is 48.0 Å². The molecule has 0 radical (unpaired) electrons. The molecule has 0 saturated heterocycles. The van der Waals surface area contributed by atoms with E-state index in [4.69, 9.17) is 16.2 Å². The summed E-state index contributed by atoms with van der Waals surface area (Å²) in [6.07, 6.45) is -0.612. The first-order valence-corrected chi connectivity index (χ1v) is 12.9. The van der Waals surface area contributed by atoms with Crippen molar-refractivity contribution in [2.75, 3.05) is 20.6 Å². The number of amides is 1. The first-order chi connectivity index (χ1) is 18.3. The summed E-state index contributed by atoms with van der Waals surface area (Å²) in [5, 5.41) is 22.4. The number of aromatic hydroxyl groups is 1. The summed E-state index contributed by atoms with van der Waals surface area (Å²) in [6, 6.07) is 2.98. The molecule has 0 bridgehead atoms. The Morgan fingerprint density at radius 3 is 2.36 bits per heavy atom. The average molecular weight is 544 g/mol. The molecule has 1 amide bonds. The summed E-state index contributed by atoms with van der Waals surface area (Å²) < 4.78 is 5.87. The van der Waals surface area contributed by atoms with Crippen molar-refractivity contribution in [2.45, 2.75) is 49.9 Å². The number of esters is 1. The number of ketones is 4. The minimum atomic E-state index is -3.04. The molecule has 12 nitrogen and oxygen atoms in total. The number of fused-ring (bicyclic) bond motifs is 3. The zero-order valence-electron chi connectivity index (χ0n) is 22.0. The molecular formula is C27H33N3O9. The van der Waals surface area contributed by atoms with Crippen LogP contribution in [0.15, 0.2) is 18.2 Å². The lowest BCUT2D eigenvalue weighted by molar-refractivity contribution is -0.205. The normalized spacial score (nSPS) is 33.8. The van der Waals surface area contributed by atoms with E-state index in [1.54, 1.807) is 13.0 Å². The minimum Gasteiger partial charge on any atom is -0.507 e. The molecule has 1 aromatic rings. The van der Waals surface area contributed by atoms with Gasteiger partial charge in [-0.3, -0.25) is 33.7 Å². The number of phenolic OH excluding ortho intramolecular Hbond substituents is 1. The Balaban J connectivity index is 1.95. The van der Waals surface area contributed by atoms with Crippen molar-refractivity contribution in [1.29, 1.82) is 0 Å². The van der Waals surface area contributed by atoms with Gasteiger partial charge in [0, 0.05) is 12.3 Å². The maximum absolute atomic E-state index is 14.1. The number of nitrogens with zero attached hydrogens (tertiary/aromatic N) is 1. The summed E-state index contributed by atoms with van der Waals surface area (Å²) in [6.45, 7) is 2.02. The van der Waals surface area contributed by atoms with Crippen molar-refractivity contribution in [1.82, 2.24) is 4.90 Å². The Hall–Kier alpha value is -3.48. The number of hydrogen-bond donors (Lipinski definition) is 4. The Bertz CT molecular complexity index is 1260. The highest BCUT2D eigenvalue weighted by atomic mass is 16.5. The number of carbonyl (C=O) groups excluding carboxylic acids is 6. The molecule has 2 saturated carbocycles. The Kier molecular flexibility index (Phi) is 7.50. The SMILES string of the molecule is CC1c2cccc(O)c2C(=O)C2C(=O)C3(O)C(=O)C(C(N)=O)C(=O)C(N(C)C)C3C(OC(=O)CCCCN)C21. The van der Waals surface area contributed by atoms with Crippen LogP contribution in [0.4, 0.5) is 0 Å². The summed E-state index contributed by atoms with van der Waals surface area (Å²) in [5.74, 6) is -14.1. The van der Waals surface area contributed by atoms with Crippen LogP contribution in [0.3, 0.4) is 0 Å². The van der Waals surface area contributed by atoms with Crippen molar-refractivity contribution < 1.29 is 43.7 Å². The summed E-state index contributed by atoms with van der Waals surface area (Å²) in [4.78, 5) is 81.5. The number of ether oxygens (including phenoxy) is 1. The van der Waals surface area contributed by atoms with Gasteiger partial charge in [0.25, 0.3) is 0 Å². The number of nitrogens with two attached hydrogens (primary N) is 2. The molecule has 0 aliphatic heterocycles. The standard InChI is InChI=1S/C27H33N3O9/c1-11-12-7-6-8-13(31)16(12)21(33)17-15(11)23(39-14(32)9-4-5-10-28)19-20(30(2)3)22(34)18(26(29)37)25(36)27(19,38)24(17)35/h6-8,11,15,17-20,23,31,38H,4-5,9-10,28H2,1-3H3,(H2,29,37). The quantitative estimate of drug-likeness (QED) is 0.188. The molecule has 0 aromatic heterocycles. The Morgan fingerprint density at radius 1 is 1.10 bits per heavy atom. The maximum atomic E-state index is 14.1. The van der Waals surface area contributed by atoms with Gasteiger partial charge in [0.2, 0.25) is 5.91 Å². The second-order valence-corrected chi connectivity index (χ2v) is 10.8. The van der Waals surface area contributed by atoms with Gasteiger partial charge < -0.3 is 26.4 Å². The number of rotatable bonds is 7. The fourth-order valence-corrected chi connectivity index (χ4v) is 6.69. The second kappa shape index (κ2) is 10.2. The van der Waals surface area contributed by atoms with Gasteiger partial charge in [-0.15, -0.1) is 0 Å². The molecule has 8 unspecified atom stereocenters. The average Bonchev–Trinajstić information content (AvgIpc) is 2.85. The first kappa shape index (κ1) is 28.5. The van der Waals surface area contributed by atoms with Gasteiger partial charge in [-0.1, -0.05) is 19.1 Å². The highest BCUT2D eigenvalue weighted by Gasteiger charge is 2.74. The first-order valence-electron chi connectivity index (χ1n) is 12.9. The van der Waals surface area contributed by atoms with Crippen molar-refractivity contribution in [3.8, 4) is 5.75 Å². The highest BCUT2D eigenvalue weighted by Crippen LogP contribution is 2.55. The molecule has 3 aliphatic rings. The molecule has 8 atom stereocenters. The van der Waals surface area contributed by atoms with Gasteiger partial charge in [-0.05, 0) is 51.0 Å². The zero-order valence-corrected chi connectivity index (χ0v) is 22.0. The molecule has 210 valence electrons. The molecule has 4 rings (SSSR count). The van der Waals surface area contributed by atoms with Crippen molar-refractivity contribution >= 4 is 35.0 Å². The van der Waals surface area contributed by atoms with E-state index in [0.29, 0.717) is 24.9 Å². The van der Waals surface area contributed by atoms with E-state index in [1.165, 1.54) is 31.1 Å². The monoisotopic (exact) mass is 543 g/mol. The molecule has 1 aromatic carbocycles. The van der Waals surface area contributed by atoms with Crippen molar-refractivity contribution in [3.05, 3.63) is 29.3 Å². The number of benzene rings is 1. The van der Waals surface area contributed by atoms with Gasteiger partial charge in [0.15, 0.2) is 34.7 Å². The van der Waals surface area contributed by atoms with Crippen LogP contribution in [-0.2, 0) is 28.7 Å². The third-order valence-electron chi connectivity index (χ3n) is 8.43. The van der Waals surface area contributed by atoms with Crippen molar-refractivity contribution in [2.24, 2.45) is 35.1 Å². The molecule has 2 fully saturated rings. The van der Waals surface area contributed by atoms with Gasteiger partial charge in [0.1, 0.15) is 11.9 Å². The van der Waals surface area contributed by atoms with Gasteiger partial charge in [-0.2, -0.15) is 0 Å². The lowest BCUT2D eigenvalue weighted by Crippen LogP contribution is -2.78. The van der Waals surface area contributed by atoms with Crippen LogP contribution >= 0.6 is 0 Å². The summed E-state index contributed by atoms with van der Waals surface area (Å²) in [5.41, 5.74) is 8.11. The number of primary amides is 1. The lowest BCUT2D eigenvalue weighted by atomic mass is 9.49. The fraction of sp³-hybridized carbons (Fsp3) is 0.556. The maximum Gasteiger partial charge on any atom is 0.306 e. The third-order valence-corrected chi connectivity index (χ3v) is 8.43. The van der Waals surface area contributed by atoms with Crippen LogP contribution in [0, 0.1) is 23.7 Å². The van der Waals surface area contributed by atoms with Crippen molar-refractivity contribution in [3.63, 3.8) is 0 Å². The summed E-state index contributed by atoms with van der Waals surface area (Å²) in [7, 11) is 2.91. The van der Waals surface area contributed by atoms with Gasteiger partial charge >= 0.3 is 5.97 Å². The molecule has 12 heteroatoms. The lowest BCUT2D eigenvalue weighted by Gasteiger charge is -2.56. The number of hydrogen-bond acceptors (Lipinski definition) is 11. The molecular weight excluding hydrogens is 510 g/mol. The number of unbranched alkanes of at least 4 members (excludes halogenated alkanes) is 1. The number of phenols is 1. The predicted molar refractivity (Wildman–Crippen MR) is 134 cm³/mol. The van der Waals surface area contributed by atoms with Crippen LogP contribution in [0.2, 0.25) is 0 Å². The van der Waals surface area contributed by atoms with E-state index in [9.17, 15) is 39.0 Å². The van der Waals surface area contributed by atoms with Crippen LogP contribution < -0.4 is 11.5 Å². The Morgan fingerprint density at radius 2 is 1.77 bits per heavy atom. The van der Waals surface area contributed by atoms with Crippen LogP contribution in [0.25, 0.3) is 0 Å². The highest BCUT2D eigenvalue weighted by molar-refractivity contribution is 6.32. The van der Waals surface area contributed by atoms with E-state index in [1.807, 2.05) is 0 Å². The molecule has 0 spiro atoms.